The minimum atomic E-state index is -4.66. The lowest BCUT2D eigenvalue weighted by Gasteiger charge is -2.41. The smallest absolute Gasteiger partial charge is 0.416 e. The second kappa shape index (κ2) is 11.8. The number of alkyl halides is 3. The number of sulfone groups is 1. The Kier molecular flexibility index (Phi) is 9.28. The van der Waals surface area contributed by atoms with Crippen LogP contribution in [0.25, 0.3) is 0 Å². The van der Waals surface area contributed by atoms with Crippen molar-refractivity contribution in [1.82, 2.24) is 10.2 Å². The number of carbonyl (C=O) groups is 2. The molecule has 0 bridgehead atoms. The molecular weight excluding hydrogens is 545 g/mol. The Hall–Kier alpha value is -3.08. The van der Waals surface area contributed by atoms with Crippen molar-refractivity contribution in [3.05, 3.63) is 65.7 Å². The standard InChI is InChI=1S/C29H37F3N2O5S/c1-27(2,3)39-26(36)33-24(18-20-10-7-6-8-11-20)25(35)34-16-14-21(15-17-34)28(4,5)40(37,38)23-13-9-12-22(19-23)29(30,31)32/h6-13,19,21,24H,14-18H2,1-5H3,(H,33,36)/t24-/m0/s1. The second-order valence-electron chi connectivity index (χ2n) is 11.6. The summed E-state index contributed by atoms with van der Waals surface area (Å²) >= 11 is 0. The van der Waals surface area contributed by atoms with Crippen LogP contribution in [0.3, 0.4) is 0 Å². The van der Waals surface area contributed by atoms with Crippen molar-refractivity contribution in [1.29, 1.82) is 0 Å². The van der Waals surface area contributed by atoms with Crippen molar-refractivity contribution >= 4 is 21.8 Å². The molecule has 0 radical (unpaired) electrons. The molecule has 11 heteroatoms. The van der Waals surface area contributed by atoms with Gasteiger partial charge in [-0.15, -0.1) is 0 Å². The summed E-state index contributed by atoms with van der Waals surface area (Å²) in [5, 5.41) is 2.68. The van der Waals surface area contributed by atoms with Gasteiger partial charge in [0.05, 0.1) is 15.2 Å². The number of hydrogen-bond acceptors (Lipinski definition) is 5. The van der Waals surface area contributed by atoms with E-state index in [1.165, 1.54) is 19.9 Å². The number of ether oxygens (including phenoxy) is 1. The SMILES string of the molecule is CC(C)(C)OC(=O)N[C@@H](Cc1ccccc1)C(=O)N1CCC(C(C)(C)S(=O)(=O)c2cccc(C(F)(F)F)c2)CC1. The van der Waals surface area contributed by atoms with Crippen LogP contribution in [0, 0.1) is 5.92 Å². The number of alkyl carbamates (subject to hydrolysis) is 1. The first kappa shape index (κ1) is 31.4. The first-order valence-corrected chi connectivity index (χ1v) is 14.6. The Morgan fingerprint density at radius 2 is 1.57 bits per heavy atom. The van der Waals surface area contributed by atoms with Gasteiger partial charge in [0.25, 0.3) is 0 Å². The highest BCUT2D eigenvalue weighted by molar-refractivity contribution is 7.92. The van der Waals surface area contributed by atoms with Gasteiger partial charge >= 0.3 is 12.3 Å². The Morgan fingerprint density at radius 3 is 2.12 bits per heavy atom. The van der Waals surface area contributed by atoms with Crippen LogP contribution in [0.2, 0.25) is 0 Å². The Labute approximate surface area is 234 Å². The van der Waals surface area contributed by atoms with E-state index < -0.39 is 50.0 Å². The highest BCUT2D eigenvalue weighted by atomic mass is 32.2. The first-order chi connectivity index (χ1) is 18.4. The molecular formula is C29H37F3N2O5S. The van der Waals surface area contributed by atoms with Gasteiger partial charge in [0.1, 0.15) is 11.6 Å². The number of piperidine rings is 1. The second-order valence-corrected chi connectivity index (χ2v) is 14.2. The van der Waals surface area contributed by atoms with Gasteiger partial charge in [-0.1, -0.05) is 36.4 Å². The third kappa shape index (κ3) is 7.56. The van der Waals surface area contributed by atoms with Gasteiger partial charge in [-0.2, -0.15) is 13.2 Å². The number of likely N-dealkylation sites (tertiary alicyclic amines) is 1. The van der Waals surface area contributed by atoms with E-state index in [0.717, 1.165) is 17.7 Å². The van der Waals surface area contributed by atoms with E-state index in [4.69, 9.17) is 4.74 Å². The quantitative estimate of drug-likeness (QED) is 0.457. The van der Waals surface area contributed by atoms with Crippen LogP contribution in [0.5, 0.6) is 0 Å². The molecule has 1 fully saturated rings. The van der Waals surface area contributed by atoms with Gasteiger partial charge in [-0.05, 0) is 77.1 Å². The molecule has 1 aliphatic heterocycles. The number of nitrogens with zero attached hydrogens (tertiary/aromatic N) is 1. The topological polar surface area (TPSA) is 92.8 Å². The first-order valence-electron chi connectivity index (χ1n) is 13.2. The lowest BCUT2D eigenvalue weighted by atomic mass is 9.85. The fraction of sp³-hybridized carbons (Fsp3) is 0.517. The summed E-state index contributed by atoms with van der Waals surface area (Å²) in [5.74, 6) is -0.714. The molecule has 7 nitrogen and oxygen atoms in total. The van der Waals surface area contributed by atoms with Gasteiger partial charge in [0.2, 0.25) is 5.91 Å². The maximum atomic E-state index is 13.5. The molecule has 2 aromatic carbocycles. The number of rotatable bonds is 7. The van der Waals surface area contributed by atoms with Crippen molar-refractivity contribution in [2.75, 3.05) is 13.1 Å². The van der Waals surface area contributed by atoms with E-state index in [2.05, 4.69) is 5.32 Å². The number of nitrogens with one attached hydrogen (secondary N) is 1. The van der Waals surface area contributed by atoms with Crippen LogP contribution in [0.4, 0.5) is 18.0 Å². The number of benzene rings is 2. The summed E-state index contributed by atoms with van der Waals surface area (Å²) < 4.78 is 70.6. The van der Waals surface area contributed by atoms with E-state index in [0.29, 0.717) is 18.9 Å². The molecule has 220 valence electrons. The summed E-state index contributed by atoms with van der Waals surface area (Å²) in [6.45, 7) is 8.69. The average molecular weight is 583 g/mol. The predicted molar refractivity (Wildman–Crippen MR) is 145 cm³/mol. The minimum absolute atomic E-state index is 0.242. The van der Waals surface area contributed by atoms with Crippen LogP contribution in [-0.4, -0.2) is 54.8 Å². The molecule has 0 unspecified atom stereocenters. The molecule has 1 atom stereocenters. The summed E-state index contributed by atoms with van der Waals surface area (Å²) in [6, 6.07) is 12.1. The highest BCUT2D eigenvalue weighted by Gasteiger charge is 2.45. The summed E-state index contributed by atoms with van der Waals surface area (Å²) in [6.07, 6.45) is -4.47. The third-order valence-corrected chi connectivity index (χ3v) is 9.82. The van der Waals surface area contributed by atoms with E-state index in [1.54, 1.807) is 25.7 Å². The van der Waals surface area contributed by atoms with E-state index >= 15 is 0 Å². The minimum Gasteiger partial charge on any atom is -0.444 e. The summed E-state index contributed by atoms with van der Waals surface area (Å²) in [4.78, 5) is 27.3. The van der Waals surface area contributed by atoms with Crippen molar-refractivity contribution in [2.45, 2.75) is 81.3 Å². The molecule has 40 heavy (non-hydrogen) atoms. The van der Waals surface area contributed by atoms with Crippen molar-refractivity contribution < 1.29 is 35.9 Å². The lowest BCUT2D eigenvalue weighted by Crippen LogP contribution is -2.54. The fourth-order valence-corrected chi connectivity index (χ4v) is 6.70. The fourth-order valence-electron chi connectivity index (χ4n) is 4.88. The van der Waals surface area contributed by atoms with Crippen LogP contribution < -0.4 is 5.32 Å². The summed E-state index contributed by atoms with van der Waals surface area (Å²) in [5.41, 5.74) is -0.925. The van der Waals surface area contributed by atoms with Gasteiger partial charge < -0.3 is 15.0 Å². The molecule has 2 amide bonds. The van der Waals surface area contributed by atoms with E-state index in [-0.39, 0.29) is 30.3 Å². The lowest BCUT2D eigenvalue weighted by molar-refractivity contribution is -0.137. The molecule has 3 rings (SSSR count). The molecule has 0 aromatic heterocycles. The molecule has 1 N–H and O–H groups in total. The van der Waals surface area contributed by atoms with Crippen LogP contribution in [0.1, 0.15) is 58.6 Å². The highest BCUT2D eigenvalue weighted by Crippen LogP contribution is 2.39. The van der Waals surface area contributed by atoms with Crippen LogP contribution in [0.15, 0.2) is 59.5 Å². The maximum Gasteiger partial charge on any atom is 0.416 e. The van der Waals surface area contributed by atoms with Gasteiger partial charge in [0.15, 0.2) is 9.84 Å². The average Bonchev–Trinajstić information content (AvgIpc) is 2.87. The van der Waals surface area contributed by atoms with Gasteiger partial charge in [-0.25, -0.2) is 13.2 Å². The molecule has 0 aliphatic carbocycles. The number of halogens is 3. The van der Waals surface area contributed by atoms with Gasteiger partial charge in [-0.3, -0.25) is 4.79 Å². The normalized spacial score (nSPS) is 16.4. The number of carbonyl (C=O) groups excluding carboxylic acids is 2. The van der Waals surface area contributed by atoms with Gasteiger partial charge in [0, 0.05) is 19.5 Å². The van der Waals surface area contributed by atoms with Crippen LogP contribution >= 0.6 is 0 Å². The van der Waals surface area contributed by atoms with E-state index in [9.17, 15) is 31.2 Å². The molecule has 2 aromatic rings. The zero-order valence-corrected chi connectivity index (χ0v) is 24.2. The molecule has 1 saturated heterocycles. The van der Waals surface area contributed by atoms with Crippen molar-refractivity contribution in [2.24, 2.45) is 5.92 Å². The van der Waals surface area contributed by atoms with Crippen LogP contribution in [-0.2, 0) is 32.0 Å². The van der Waals surface area contributed by atoms with E-state index in [1.807, 2.05) is 30.3 Å². The Balaban J connectivity index is 1.74. The maximum absolute atomic E-state index is 13.5. The third-order valence-electron chi connectivity index (χ3n) is 7.23. The predicted octanol–water partition coefficient (Wildman–Crippen LogP) is 5.63. The monoisotopic (exact) mass is 582 g/mol. The van der Waals surface area contributed by atoms with Crippen molar-refractivity contribution in [3.8, 4) is 0 Å². The Morgan fingerprint density at radius 1 is 0.975 bits per heavy atom. The van der Waals surface area contributed by atoms with Crippen molar-refractivity contribution in [3.63, 3.8) is 0 Å². The molecule has 1 heterocycles. The molecule has 1 aliphatic rings. The molecule has 0 saturated carbocycles. The zero-order chi connectivity index (χ0) is 29.9. The number of amides is 2. The number of hydrogen-bond donors (Lipinski definition) is 1. The summed E-state index contributed by atoms with van der Waals surface area (Å²) in [7, 11) is -4.13. The largest absolute Gasteiger partial charge is 0.444 e. The zero-order valence-electron chi connectivity index (χ0n) is 23.4. The molecule has 0 spiro atoms. The Bertz CT molecular complexity index is 1300.